The van der Waals surface area contributed by atoms with E-state index in [1.165, 1.54) is 10.4 Å². The first-order valence-corrected chi connectivity index (χ1v) is 4.75. The van der Waals surface area contributed by atoms with E-state index in [2.05, 4.69) is 15.4 Å². The van der Waals surface area contributed by atoms with Crippen LogP contribution in [0.15, 0.2) is 24.3 Å². The van der Waals surface area contributed by atoms with Crippen LogP contribution in [0.5, 0.6) is 0 Å². The van der Waals surface area contributed by atoms with Crippen LogP contribution in [0, 0.1) is 6.92 Å². The maximum Gasteiger partial charge on any atom is 0.204 e. The molecule has 0 amide bonds. The highest BCUT2D eigenvalue weighted by atomic mass is 16.3. The first-order valence-electron chi connectivity index (χ1n) is 4.75. The summed E-state index contributed by atoms with van der Waals surface area (Å²) in [4.78, 5) is 1.38. The maximum atomic E-state index is 8.71. The molecule has 15 heavy (non-hydrogen) atoms. The summed E-state index contributed by atoms with van der Waals surface area (Å²) in [5.41, 5.74) is 2.13. The number of hydrogen-bond donors (Lipinski definition) is 1. The minimum atomic E-state index is 0.0176. The van der Waals surface area contributed by atoms with Gasteiger partial charge < -0.3 is 5.11 Å². The molecule has 2 aromatic rings. The van der Waals surface area contributed by atoms with E-state index in [9.17, 15) is 0 Å². The van der Waals surface area contributed by atoms with Crippen LogP contribution in [-0.2, 0) is 6.54 Å². The van der Waals surface area contributed by atoms with Crippen LogP contribution in [-0.4, -0.2) is 31.9 Å². The van der Waals surface area contributed by atoms with Gasteiger partial charge >= 0.3 is 0 Å². The molecule has 78 valence electrons. The fourth-order valence-electron chi connectivity index (χ4n) is 1.25. The first-order chi connectivity index (χ1) is 7.29. The van der Waals surface area contributed by atoms with Gasteiger partial charge in [-0.25, -0.2) is 0 Å². The molecule has 5 heteroatoms. The maximum absolute atomic E-state index is 8.71. The lowest BCUT2D eigenvalue weighted by atomic mass is 10.1. The summed E-state index contributed by atoms with van der Waals surface area (Å²) in [6.07, 6.45) is 0. The number of aromatic nitrogens is 4. The smallest absolute Gasteiger partial charge is 0.204 e. The van der Waals surface area contributed by atoms with Gasteiger partial charge in [0.1, 0.15) is 0 Å². The number of benzene rings is 1. The zero-order valence-electron chi connectivity index (χ0n) is 8.46. The van der Waals surface area contributed by atoms with Crippen molar-refractivity contribution in [3.63, 3.8) is 0 Å². The second-order valence-corrected chi connectivity index (χ2v) is 3.30. The SMILES string of the molecule is Cc1ccc(-c2nnn(CCO)n2)cc1. The van der Waals surface area contributed by atoms with Crippen molar-refractivity contribution in [2.24, 2.45) is 0 Å². The second-order valence-electron chi connectivity index (χ2n) is 3.30. The van der Waals surface area contributed by atoms with Gasteiger partial charge in [0.05, 0.1) is 13.2 Å². The normalized spacial score (nSPS) is 10.5. The lowest BCUT2D eigenvalue weighted by Crippen LogP contribution is -2.05. The van der Waals surface area contributed by atoms with Crippen LogP contribution in [0.4, 0.5) is 0 Å². The van der Waals surface area contributed by atoms with Gasteiger partial charge in [0.2, 0.25) is 5.82 Å². The average molecular weight is 204 g/mol. The van der Waals surface area contributed by atoms with Crippen LogP contribution in [0.1, 0.15) is 5.56 Å². The summed E-state index contributed by atoms with van der Waals surface area (Å²) >= 11 is 0. The van der Waals surface area contributed by atoms with E-state index in [-0.39, 0.29) is 6.61 Å². The summed E-state index contributed by atoms with van der Waals surface area (Å²) in [7, 11) is 0. The van der Waals surface area contributed by atoms with E-state index in [0.29, 0.717) is 12.4 Å². The third-order valence-electron chi connectivity index (χ3n) is 2.06. The molecule has 0 bridgehead atoms. The van der Waals surface area contributed by atoms with Crippen LogP contribution in [0.3, 0.4) is 0 Å². The van der Waals surface area contributed by atoms with E-state index in [0.717, 1.165) is 5.56 Å². The van der Waals surface area contributed by atoms with Crippen LogP contribution < -0.4 is 0 Å². The fraction of sp³-hybridized carbons (Fsp3) is 0.300. The molecular weight excluding hydrogens is 192 g/mol. The van der Waals surface area contributed by atoms with Crippen molar-refractivity contribution in [1.29, 1.82) is 0 Å². The van der Waals surface area contributed by atoms with Gasteiger partial charge in [-0.15, -0.1) is 10.2 Å². The number of rotatable bonds is 3. The highest BCUT2D eigenvalue weighted by Gasteiger charge is 2.04. The molecule has 1 heterocycles. The molecule has 0 atom stereocenters. The lowest BCUT2D eigenvalue weighted by molar-refractivity contribution is 0.259. The van der Waals surface area contributed by atoms with Crippen LogP contribution >= 0.6 is 0 Å². The Labute approximate surface area is 87.4 Å². The Hall–Kier alpha value is -1.75. The van der Waals surface area contributed by atoms with Gasteiger partial charge in [-0.1, -0.05) is 29.8 Å². The number of hydrogen-bond acceptors (Lipinski definition) is 4. The van der Waals surface area contributed by atoms with Crippen molar-refractivity contribution < 1.29 is 5.11 Å². The van der Waals surface area contributed by atoms with E-state index in [1.54, 1.807) is 0 Å². The molecule has 0 saturated heterocycles. The second kappa shape index (κ2) is 4.18. The standard InChI is InChI=1S/C10H12N4O/c1-8-2-4-9(5-3-8)10-11-13-14(12-10)6-7-15/h2-5,15H,6-7H2,1H3. The predicted octanol–water partition coefficient (Wildman–Crippen LogP) is 0.641. The van der Waals surface area contributed by atoms with Gasteiger partial charge in [0.25, 0.3) is 0 Å². The summed E-state index contributed by atoms with van der Waals surface area (Å²) < 4.78 is 0. The summed E-state index contributed by atoms with van der Waals surface area (Å²) in [6.45, 7) is 2.42. The number of aryl methyl sites for hydroxylation is 1. The third-order valence-corrected chi connectivity index (χ3v) is 2.06. The molecule has 0 spiro atoms. The van der Waals surface area contributed by atoms with Crippen molar-refractivity contribution in [2.45, 2.75) is 13.5 Å². The summed E-state index contributed by atoms with van der Waals surface area (Å²) in [6, 6.07) is 7.91. The Morgan fingerprint density at radius 2 is 2.00 bits per heavy atom. The molecule has 0 unspecified atom stereocenters. The highest BCUT2D eigenvalue weighted by Crippen LogP contribution is 2.13. The molecule has 0 radical (unpaired) electrons. The Morgan fingerprint density at radius 1 is 1.27 bits per heavy atom. The number of aliphatic hydroxyl groups is 1. The molecular formula is C10H12N4O. The number of aliphatic hydroxyl groups excluding tert-OH is 1. The molecule has 0 aliphatic carbocycles. The minimum Gasteiger partial charge on any atom is -0.394 e. The van der Waals surface area contributed by atoms with Gasteiger partial charge in [0, 0.05) is 5.56 Å². The van der Waals surface area contributed by atoms with E-state index < -0.39 is 0 Å². The largest absolute Gasteiger partial charge is 0.394 e. The summed E-state index contributed by atoms with van der Waals surface area (Å²) in [5, 5.41) is 20.6. The topological polar surface area (TPSA) is 63.8 Å². The quantitative estimate of drug-likeness (QED) is 0.797. The van der Waals surface area contributed by atoms with Crippen molar-refractivity contribution in [3.8, 4) is 11.4 Å². The van der Waals surface area contributed by atoms with Gasteiger partial charge in [-0.05, 0) is 12.1 Å². The molecule has 5 nitrogen and oxygen atoms in total. The Balaban J connectivity index is 2.25. The number of nitrogens with zero attached hydrogens (tertiary/aromatic N) is 4. The van der Waals surface area contributed by atoms with Gasteiger partial charge in [0.15, 0.2) is 0 Å². The molecule has 1 aromatic heterocycles. The van der Waals surface area contributed by atoms with Crippen molar-refractivity contribution in [3.05, 3.63) is 29.8 Å². The summed E-state index contributed by atoms with van der Waals surface area (Å²) in [5.74, 6) is 0.587. The molecule has 0 aliphatic rings. The van der Waals surface area contributed by atoms with Gasteiger partial charge in [-0.2, -0.15) is 4.80 Å². The van der Waals surface area contributed by atoms with E-state index >= 15 is 0 Å². The molecule has 0 fully saturated rings. The molecule has 0 saturated carbocycles. The van der Waals surface area contributed by atoms with Gasteiger partial charge in [-0.3, -0.25) is 0 Å². The van der Waals surface area contributed by atoms with E-state index in [1.807, 2.05) is 31.2 Å². The van der Waals surface area contributed by atoms with Crippen molar-refractivity contribution in [1.82, 2.24) is 20.2 Å². The Kier molecular flexibility index (Phi) is 2.73. The monoisotopic (exact) mass is 204 g/mol. The Morgan fingerprint density at radius 3 is 2.67 bits per heavy atom. The lowest BCUT2D eigenvalue weighted by Gasteiger charge is -1.95. The molecule has 1 aromatic carbocycles. The van der Waals surface area contributed by atoms with Crippen molar-refractivity contribution >= 4 is 0 Å². The van der Waals surface area contributed by atoms with E-state index in [4.69, 9.17) is 5.11 Å². The molecule has 1 N–H and O–H groups in total. The highest BCUT2D eigenvalue weighted by molar-refractivity contribution is 5.53. The first kappa shape index (κ1) is 9.79. The zero-order chi connectivity index (χ0) is 10.7. The number of tetrazole rings is 1. The third kappa shape index (κ3) is 2.19. The van der Waals surface area contributed by atoms with Crippen LogP contribution in [0.25, 0.3) is 11.4 Å². The minimum absolute atomic E-state index is 0.0176. The van der Waals surface area contributed by atoms with Crippen molar-refractivity contribution in [2.75, 3.05) is 6.61 Å². The molecule has 2 rings (SSSR count). The Bertz CT molecular complexity index is 435. The molecule has 0 aliphatic heterocycles. The average Bonchev–Trinajstić information content (AvgIpc) is 2.68. The fourth-order valence-corrected chi connectivity index (χ4v) is 1.25. The predicted molar refractivity (Wildman–Crippen MR) is 55.1 cm³/mol. The van der Waals surface area contributed by atoms with Crippen LogP contribution in [0.2, 0.25) is 0 Å². The zero-order valence-corrected chi connectivity index (χ0v) is 8.46.